The second-order valence-corrected chi connectivity index (χ2v) is 8.28. The van der Waals surface area contributed by atoms with Crippen molar-refractivity contribution in [2.75, 3.05) is 27.4 Å². The molecule has 0 saturated heterocycles. The Bertz CT molecular complexity index is 1160. The predicted octanol–water partition coefficient (Wildman–Crippen LogP) is 2.95. The molecule has 0 aliphatic carbocycles. The number of carbonyl (C=O) groups excluding carboxylic acids is 1. The Hall–Kier alpha value is -2.91. The number of hydrogen-bond donors (Lipinski definition) is 1. The number of nitrogens with one attached hydrogen (secondary N) is 1. The Kier molecular flexibility index (Phi) is 8.03. The maximum Gasteiger partial charge on any atom is 0.242 e. The van der Waals surface area contributed by atoms with Crippen LogP contribution in [0.2, 0.25) is 0 Å². The molecule has 0 radical (unpaired) electrons. The third-order valence-corrected chi connectivity index (χ3v) is 5.01. The quantitative estimate of drug-likeness (QED) is 0.407. The first kappa shape index (κ1) is 25.4. The van der Waals surface area contributed by atoms with Crippen molar-refractivity contribution in [3.63, 3.8) is 0 Å². The van der Waals surface area contributed by atoms with E-state index in [1.807, 2.05) is 13.0 Å². The van der Waals surface area contributed by atoms with Crippen LogP contribution in [0, 0.1) is 12.3 Å². The summed E-state index contributed by atoms with van der Waals surface area (Å²) >= 11 is 0. The Morgan fingerprint density at radius 1 is 1.12 bits per heavy atom. The highest BCUT2D eigenvalue weighted by Gasteiger charge is 2.23. The zero-order chi connectivity index (χ0) is 22.8. The zero-order valence-corrected chi connectivity index (χ0v) is 20.1. The fraction of sp³-hybridized carbons (Fsp3) is 0.455. The third-order valence-electron chi connectivity index (χ3n) is 5.01. The summed E-state index contributed by atoms with van der Waals surface area (Å²) in [6.07, 6.45) is 0. The number of hydrogen-bond acceptors (Lipinski definition) is 7. The van der Waals surface area contributed by atoms with Gasteiger partial charge in [-0.25, -0.2) is 4.68 Å². The van der Waals surface area contributed by atoms with Crippen LogP contribution < -0.4 is 15.1 Å². The first-order chi connectivity index (χ1) is 14.7. The number of methoxy groups -OCH3 is 2. The molecule has 0 spiro atoms. The lowest BCUT2D eigenvalue weighted by Crippen LogP contribution is -2.27. The molecule has 0 fully saturated rings. The summed E-state index contributed by atoms with van der Waals surface area (Å²) in [5, 5.41) is 17.0. The summed E-state index contributed by atoms with van der Waals surface area (Å²) in [4.78, 5) is 13.2. The van der Waals surface area contributed by atoms with Crippen LogP contribution in [0.5, 0.6) is 11.6 Å². The van der Waals surface area contributed by atoms with Crippen LogP contribution >= 0.6 is 12.4 Å². The van der Waals surface area contributed by atoms with Gasteiger partial charge in [-0.3, -0.25) is 10.2 Å². The number of fused-ring (bicyclic) bond motifs is 1. The number of nitrogens with zero attached hydrogens (tertiary/aromatic N) is 4. The molecule has 1 aromatic carbocycles. The normalized spacial score (nSPS) is 11.3. The van der Waals surface area contributed by atoms with Gasteiger partial charge in [0.2, 0.25) is 11.5 Å². The van der Waals surface area contributed by atoms with E-state index in [2.05, 4.69) is 31.0 Å². The van der Waals surface area contributed by atoms with Crippen molar-refractivity contribution >= 4 is 23.8 Å². The van der Waals surface area contributed by atoms with Crippen molar-refractivity contribution in [1.29, 1.82) is 5.41 Å². The van der Waals surface area contributed by atoms with Gasteiger partial charge in [-0.15, -0.1) is 22.6 Å². The minimum Gasteiger partial charge on any atom is -0.497 e. The number of benzene rings is 1. The Morgan fingerprint density at radius 3 is 2.47 bits per heavy atom. The summed E-state index contributed by atoms with van der Waals surface area (Å²) in [5.41, 5.74) is 2.80. The van der Waals surface area contributed by atoms with Crippen LogP contribution in [0.15, 0.2) is 24.3 Å². The van der Waals surface area contributed by atoms with Gasteiger partial charge in [0.25, 0.3) is 0 Å². The molecular weight excluding hydrogens is 434 g/mol. The van der Waals surface area contributed by atoms with Gasteiger partial charge in [-0.05, 0) is 41.7 Å². The molecule has 0 saturated carbocycles. The van der Waals surface area contributed by atoms with Crippen LogP contribution in [0.4, 0.5) is 0 Å². The molecule has 2 heterocycles. The molecule has 174 valence electrons. The first-order valence-electron chi connectivity index (χ1n) is 10.0. The van der Waals surface area contributed by atoms with E-state index in [0.717, 1.165) is 11.1 Å². The van der Waals surface area contributed by atoms with E-state index in [4.69, 9.17) is 19.6 Å². The molecule has 0 aliphatic heterocycles. The molecule has 0 aliphatic rings. The Balaban J connectivity index is 0.00000363. The van der Waals surface area contributed by atoms with Crippen molar-refractivity contribution in [2.24, 2.45) is 0 Å². The molecule has 0 atom stereocenters. The van der Waals surface area contributed by atoms with Crippen molar-refractivity contribution in [2.45, 2.75) is 39.7 Å². The van der Waals surface area contributed by atoms with Crippen molar-refractivity contribution in [3.05, 3.63) is 46.6 Å². The number of ketones is 1. The SMILES string of the molecule is COCCOc1ccc2nn(CC(=O)c3cc(OC)cc(C(C)(C)C)c3C)c(=N)n2n1.Cl. The standard InChI is InChI=1S/C22H29N5O4.ClH/c1-14-16(11-15(30-6)12-17(14)22(2,3)4)18(28)13-26-21(23)27-19(24-26)7-8-20(25-27)31-10-9-29-5;/h7-8,11-12,23H,9-10,13H2,1-6H3;1H. The monoisotopic (exact) mass is 463 g/mol. The van der Waals surface area contributed by atoms with E-state index < -0.39 is 0 Å². The molecule has 1 N–H and O–H groups in total. The summed E-state index contributed by atoms with van der Waals surface area (Å²) in [7, 11) is 3.17. The summed E-state index contributed by atoms with van der Waals surface area (Å²) in [5.74, 6) is 0.831. The largest absolute Gasteiger partial charge is 0.497 e. The number of carbonyl (C=O) groups is 1. The second kappa shape index (κ2) is 10.1. The molecule has 0 unspecified atom stereocenters. The third kappa shape index (κ3) is 5.28. The van der Waals surface area contributed by atoms with E-state index >= 15 is 0 Å². The van der Waals surface area contributed by atoms with E-state index in [1.54, 1.807) is 32.4 Å². The summed E-state index contributed by atoms with van der Waals surface area (Å²) < 4.78 is 18.6. The van der Waals surface area contributed by atoms with E-state index in [0.29, 0.717) is 36.1 Å². The van der Waals surface area contributed by atoms with Crippen LogP contribution in [0.25, 0.3) is 5.65 Å². The molecule has 9 nitrogen and oxygen atoms in total. The van der Waals surface area contributed by atoms with Gasteiger partial charge >= 0.3 is 0 Å². The number of Topliss-reactive ketones (excluding diaryl/α,β-unsaturated/α-hetero) is 1. The summed E-state index contributed by atoms with van der Waals surface area (Å²) in [6, 6.07) is 7.08. The average Bonchev–Trinajstić information content (AvgIpc) is 3.02. The van der Waals surface area contributed by atoms with Gasteiger partial charge < -0.3 is 14.2 Å². The number of aromatic nitrogens is 4. The molecule has 0 amide bonds. The highest BCUT2D eigenvalue weighted by Crippen LogP contribution is 2.32. The van der Waals surface area contributed by atoms with Crippen LogP contribution in [0.1, 0.15) is 42.3 Å². The smallest absolute Gasteiger partial charge is 0.242 e. The van der Waals surface area contributed by atoms with Crippen LogP contribution in [0.3, 0.4) is 0 Å². The van der Waals surface area contributed by atoms with Crippen molar-refractivity contribution in [3.8, 4) is 11.6 Å². The van der Waals surface area contributed by atoms with Gasteiger partial charge in [0.05, 0.1) is 13.7 Å². The van der Waals surface area contributed by atoms with E-state index in [9.17, 15) is 4.79 Å². The van der Waals surface area contributed by atoms with Gasteiger partial charge in [0.15, 0.2) is 11.4 Å². The summed E-state index contributed by atoms with van der Waals surface area (Å²) in [6.45, 7) is 8.93. The van der Waals surface area contributed by atoms with Crippen molar-refractivity contribution < 1.29 is 19.0 Å². The van der Waals surface area contributed by atoms with Gasteiger partial charge in [0, 0.05) is 18.7 Å². The minimum atomic E-state index is -0.152. The maximum absolute atomic E-state index is 13.2. The lowest BCUT2D eigenvalue weighted by molar-refractivity contribution is 0.0964. The number of rotatable bonds is 8. The lowest BCUT2D eigenvalue weighted by atomic mass is 9.82. The molecule has 3 rings (SSSR count). The zero-order valence-electron chi connectivity index (χ0n) is 19.3. The van der Waals surface area contributed by atoms with Gasteiger partial charge in [0.1, 0.15) is 18.9 Å². The van der Waals surface area contributed by atoms with Crippen LogP contribution in [-0.4, -0.2) is 52.6 Å². The van der Waals surface area contributed by atoms with Gasteiger partial charge in [-0.2, -0.15) is 4.52 Å². The number of ether oxygens (including phenoxy) is 3. The van der Waals surface area contributed by atoms with E-state index in [-0.39, 0.29) is 35.8 Å². The fourth-order valence-electron chi connectivity index (χ4n) is 3.42. The maximum atomic E-state index is 13.2. The molecular formula is C22H30ClN5O4. The topological polar surface area (TPSA) is 104 Å². The lowest BCUT2D eigenvalue weighted by Gasteiger charge is -2.24. The number of halogens is 1. The predicted molar refractivity (Wildman–Crippen MR) is 122 cm³/mol. The van der Waals surface area contributed by atoms with Crippen LogP contribution in [-0.2, 0) is 16.7 Å². The molecule has 0 bridgehead atoms. The average molecular weight is 464 g/mol. The van der Waals surface area contributed by atoms with Crippen molar-refractivity contribution in [1.82, 2.24) is 19.4 Å². The second-order valence-electron chi connectivity index (χ2n) is 8.28. The van der Waals surface area contributed by atoms with Gasteiger partial charge in [-0.1, -0.05) is 20.8 Å². The fourth-order valence-corrected chi connectivity index (χ4v) is 3.42. The highest BCUT2D eigenvalue weighted by atomic mass is 35.5. The highest BCUT2D eigenvalue weighted by molar-refractivity contribution is 5.98. The molecule has 2 aromatic heterocycles. The first-order valence-corrected chi connectivity index (χ1v) is 10.0. The molecule has 32 heavy (non-hydrogen) atoms. The Labute approximate surface area is 193 Å². The minimum absolute atomic E-state index is 0. The molecule has 3 aromatic rings. The Morgan fingerprint density at radius 2 is 1.84 bits per heavy atom. The molecule has 10 heteroatoms. The van der Waals surface area contributed by atoms with E-state index in [1.165, 1.54) is 9.20 Å².